The van der Waals surface area contributed by atoms with Gasteiger partial charge in [0.1, 0.15) is 0 Å². The molecule has 0 unspecified atom stereocenters. The first-order valence-electron chi connectivity index (χ1n) is 6.94. The summed E-state index contributed by atoms with van der Waals surface area (Å²) in [5, 5.41) is 8.26. The zero-order valence-electron chi connectivity index (χ0n) is 12.3. The maximum Gasteiger partial charge on any atom is 0.0767 e. The van der Waals surface area contributed by atoms with Gasteiger partial charge < -0.3 is 5.32 Å². The lowest BCUT2D eigenvalue weighted by atomic mass is 9.99. The van der Waals surface area contributed by atoms with Crippen molar-refractivity contribution in [1.82, 2.24) is 15.1 Å². The minimum Gasteiger partial charge on any atom is -0.306 e. The van der Waals surface area contributed by atoms with Gasteiger partial charge in [0.05, 0.1) is 15.9 Å². The fourth-order valence-electron chi connectivity index (χ4n) is 2.22. The van der Waals surface area contributed by atoms with Gasteiger partial charge in [0.2, 0.25) is 0 Å². The summed E-state index contributed by atoms with van der Waals surface area (Å²) in [5.41, 5.74) is 2.60. The molecule has 1 heterocycles. The highest BCUT2D eigenvalue weighted by Gasteiger charge is 2.19. The molecule has 4 heteroatoms. The van der Waals surface area contributed by atoms with E-state index in [-0.39, 0.29) is 5.54 Å². The fraction of sp³-hybridized carbons (Fsp3) is 0.786. The highest BCUT2D eigenvalue weighted by Crippen LogP contribution is 2.23. The van der Waals surface area contributed by atoms with Crippen LogP contribution in [-0.2, 0) is 19.5 Å². The lowest BCUT2D eigenvalue weighted by molar-refractivity contribution is 0.350. The van der Waals surface area contributed by atoms with E-state index in [2.05, 4.69) is 65.6 Å². The zero-order valence-corrected chi connectivity index (χ0v) is 13.9. The van der Waals surface area contributed by atoms with Crippen LogP contribution in [0.5, 0.6) is 0 Å². The molecule has 104 valence electrons. The average molecular weight is 316 g/mol. The number of nitrogens with one attached hydrogen (secondary N) is 1. The summed E-state index contributed by atoms with van der Waals surface area (Å²) in [6, 6.07) is 0. The van der Waals surface area contributed by atoms with Crippen LogP contribution >= 0.6 is 15.9 Å². The number of aromatic nitrogens is 2. The molecule has 1 aromatic heterocycles. The number of nitrogens with zero attached hydrogens (tertiary/aromatic N) is 2. The Bertz CT molecular complexity index is 383. The molecule has 0 atom stereocenters. The summed E-state index contributed by atoms with van der Waals surface area (Å²) in [7, 11) is 0. The van der Waals surface area contributed by atoms with Crippen molar-refractivity contribution in [3.8, 4) is 0 Å². The third-order valence-corrected chi connectivity index (χ3v) is 4.22. The second-order valence-electron chi connectivity index (χ2n) is 5.36. The minimum absolute atomic E-state index is 0.184. The Morgan fingerprint density at radius 1 is 1.28 bits per heavy atom. The first-order chi connectivity index (χ1) is 8.45. The van der Waals surface area contributed by atoms with E-state index in [4.69, 9.17) is 0 Å². The van der Waals surface area contributed by atoms with Crippen LogP contribution in [0.15, 0.2) is 4.47 Å². The van der Waals surface area contributed by atoms with E-state index in [1.807, 2.05) is 0 Å². The van der Waals surface area contributed by atoms with Crippen molar-refractivity contribution >= 4 is 15.9 Å². The lowest BCUT2D eigenvalue weighted by Gasteiger charge is -2.26. The van der Waals surface area contributed by atoms with E-state index in [0.29, 0.717) is 0 Å². The van der Waals surface area contributed by atoms with E-state index in [9.17, 15) is 0 Å². The van der Waals surface area contributed by atoms with E-state index in [1.54, 1.807) is 0 Å². The van der Waals surface area contributed by atoms with Crippen LogP contribution in [-0.4, -0.2) is 15.3 Å². The van der Waals surface area contributed by atoms with Gasteiger partial charge in [-0.3, -0.25) is 4.68 Å². The molecular formula is C14H26BrN3. The Morgan fingerprint density at radius 3 is 2.44 bits per heavy atom. The third kappa shape index (κ3) is 3.82. The molecule has 0 saturated heterocycles. The molecule has 1 rings (SSSR count). The molecule has 0 aromatic carbocycles. The maximum atomic E-state index is 4.62. The summed E-state index contributed by atoms with van der Waals surface area (Å²) in [6.07, 6.45) is 3.36. The molecular weight excluding hydrogens is 290 g/mol. The molecule has 0 spiro atoms. The monoisotopic (exact) mass is 315 g/mol. The van der Waals surface area contributed by atoms with Crippen LogP contribution < -0.4 is 5.32 Å². The van der Waals surface area contributed by atoms with Gasteiger partial charge in [-0.25, -0.2) is 0 Å². The first kappa shape index (κ1) is 15.7. The van der Waals surface area contributed by atoms with Gasteiger partial charge in [-0.2, -0.15) is 5.10 Å². The standard InChI is InChI=1S/C14H26BrN3/c1-6-9-14(4,5)16-10-12-13(15)11(7-2)17-18(12)8-3/h16H,6-10H2,1-5H3. The molecule has 0 radical (unpaired) electrons. The molecule has 0 amide bonds. The van der Waals surface area contributed by atoms with Crippen LogP contribution in [0, 0.1) is 0 Å². The maximum absolute atomic E-state index is 4.62. The summed E-state index contributed by atoms with van der Waals surface area (Å²) in [6.45, 7) is 12.8. The quantitative estimate of drug-likeness (QED) is 0.827. The topological polar surface area (TPSA) is 29.9 Å². The number of halogens is 1. The van der Waals surface area contributed by atoms with Crippen molar-refractivity contribution in [3.63, 3.8) is 0 Å². The van der Waals surface area contributed by atoms with E-state index < -0.39 is 0 Å². The van der Waals surface area contributed by atoms with Gasteiger partial charge >= 0.3 is 0 Å². The van der Waals surface area contributed by atoms with Crippen LogP contribution in [0.1, 0.15) is 58.8 Å². The molecule has 3 nitrogen and oxygen atoms in total. The van der Waals surface area contributed by atoms with Crippen LogP contribution in [0.3, 0.4) is 0 Å². The summed E-state index contributed by atoms with van der Waals surface area (Å²) >= 11 is 3.69. The molecule has 1 N–H and O–H groups in total. The number of aryl methyl sites for hydroxylation is 2. The van der Waals surface area contributed by atoms with Gasteiger partial charge in [0.25, 0.3) is 0 Å². The number of hydrogen-bond acceptors (Lipinski definition) is 2. The van der Waals surface area contributed by atoms with Crippen molar-refractivity contribution in [2.75, 3.05) is 0 Å². The molecule has 0 fully saturated rings. The van der Waals surface area contributed by atoms with Crippen LogP contribution in [0.25, 0.3) is 0 Å². The van der Waals surface area contributed by atoms with Crippen molar-refractivity contribution in [3.05, 3.63) is 15.9 Å². The van der Waals surface area contributed by atoms with E-state index >= 15 is 0 Å². The first-order valence-corrected chi connectivity index (χ1v) is 7.73. The van der Waals surface area contributed by atoms with Gasteiger partial charge in [0.15, 0.2) is 0 Å². The lowest BCUT2D eigenvalue weighted by Crippen LogP contribution is -2.39. The SMILES string of the molecule is CCCC(C)(C)NCc1c(Br)c(CC)nn1CC. The van der Waals surface area contributed by atoms with Crippen LogP contribution in [0.4, 0.5) is 0 Å². The average Bonchev–Trinajstić information content (AvgIpc) is 2.63. The molecule has 0 aliphatic rings. The van der Waals surface area contributed by atoms with E-state index in [0.717, 1.165) is 25.2 Å². The molecule has 0 bridgehead atoms. The predicted octanol–water partition coefficient (Wildman–Crippen LogP) is 3.90. The molecule has 0 aliphatic carbocycles. The van der Waals surface area contributed by atoms with Gasteiger partial charge in [-0.1, -0.05) is 20.3 Å². The number of hydrogen-bond donors (Lipinski definition) is 1. The highest BCUT2D eigenvalue weighted by atomic mass is 79.9. The predicted molar refractivity (Wildman–Crippen MR) is 80.8 cm³/mol. The van der Waals surface area contributed by atoms with E-state index in [1.165, 1.54) is 23.0 Å². The third-order valence-electron chi connectivity index (χ3n) is 3.30. The highest BCUT2D eigenvalue weighted by molar-refractivity contribution is 9.10. The second kappa shape index (κ2) is 6.71. The zero-order chi connectivity index (χ0) is 13.8. The van der Waals surface area contributed by atoms with Gasteiger partial charge in [-0.15, -0.1) is 0 Å². The Balaban J connectivity index is 2.80. The Labute approximate surface area is 119 Å². The normalized spacial score (nSPS) is 12.1. The van der Waals surface area contributed by atoms with Crippen molar-refractivity contribution < 1.29 is 0 Å². The van der Waals surface area contributed by atoms with Crippen molar-refractivity contribution in [2.24, 2.45) is 0 Å². The fourth-order valence-corrected chi connectivity index (χ4v) is 2.93. The Kier molecular flexibility index (Phi) is 5.86. The molecule has 0 aliphatic heterocycles. The van der Waals surface area contributed by atoms with Crippen molar-refractivity contribution in [1.29, 1.82) is 0 Å². The summed E-state index contributed by atoms with van der Waals surface area (Å²) < 4.78 is 3.27. The molecule has 18 heavy (non-hydrogen) atoms. The van der Waals surface area contributed by atoms with Crippen LogP contribution in [0.2, 0.25) is 0 Å². The van der Waals surface area contributed by atoms with Crippen molar-refractivity contribution in [2.45, 2.75) is 72.5 Å². The molecule has 0 saturated carbocycles. The van der Waals surface area contributed by atoms with Gasteiger partial charge in [0, 0.05) is 18.6 Å². The minimum atomic E-state index is 0.184. The largest absolute Gasteiger partial charge is 0.306 e. The van der Waals surface area contributed by atoms with Gasteiger partial charge in [-0.05, 0) is 49.5 Å². The molecule has 1 aromatic rings. The summed E-state index contributed by atoms with van der Waals surface area (Å²) in [5.74, 6) is 0. The Hall–Kier alpha value is -0.350. The summed E-state index contributed by atoms with van der Waals surface area (Å²) in [4.78, 5) is 0. The second-order valence-corrected chi connectivity index (χ2v) is 6.16. The smallest absolute Gasteiger partial charge is 0.0767 e. The Morgan fingerprint density at radius 2 is 1.94 bits per heavy atom. The number of rotatable bonds is 7.